The van der Waals surface area contributed by atoms with Crippen LogP contribution < -0.4 is 10.1 Å². The summed E-state index contributed by atoms with van der Waals surface area (Å²) in [5.41, 5.74) is 3.92. The van der Waals surface area contributed by atoms with Crippen LogP contribution in [0.4, 0.5) is 0 Å². The van der Waals surface area contributed by atoms with Gasteiger partial charge in [-0.3, -0.25) is 4.79 Å². The van der Waals surface area contributed by atoms with Gasteiger partial charge in [-0.25, -0.2) is 4.79 Å². The van der Waals surface area contributed by atoms with Crippen LogP contribution in [0.25, 0.3) is 11.1 Å². The maximum absolute atomic E-state index is 12.4. The molecule has 5 nitrogen and oxygen atoms in total. The van der Waals surface area contributed by atoms with Crippen LogP contribution in [0.1, 0.15) is 20.8 Å². The molecule has 29 heavy (non-hydrogen) atoms. The van der Waals surface area contributed by atoms with Gasteiger partial charge >= 0.3 is 5.97 Å². The normalized spacial score (nSPS) is 10.4. The molecule has 0 aliphatic heterocycles. The first-order chi connectivity index (χ1) is 14.1. The van der Waals surface area contributed by atoms with E-state index >= 15 is 0 Å². The lowest BCUT2D eigenvalue weighted by Gasteiger charge is -2.09. The molecule has 0 saturated carbocycles. The summed E-state index contributed by atoms with van der Waals surface area (Å²) < 4.78 is 10.5. The molecule has 3 rings (SSSR count). The lowest BCUT2D eigenvalue weighted by atomic mass is 10.1. The van der Waals surface area contributed by atoms with Crippen LogP contribution in [-0.2, 0) is 16.0 Å². The Labute approximate surface area is 174 Å². The molecule has 3 aromatic rings. The van der Waals surface area contributed by atoms with Crippen molar-refractivity contribution in [2.45, 2.75) is 13.3 Å². The summed E-state index contributed by atoms with van der Waals surface area (Å²) in [6, 6.07) is 17.5. The average molecular weight is 410 g/mol. The van der Waals surface area contributed by atoms with Crippen molar-refractivity contribution in [2.24, 2.45) is 0 Å². The maximum Gasteiger partial charge on any atom is 0.349 e. The molecular formula is C23H23NO4S. The number of thiophene rings is 1. The molecule has 1 N–H and O–H groups in total. The van der Waals surface area contributed by atoms with Gasteiger partial charge in [0.15, 0.2) is 6.61 Å². The Morgan fingerprint density at radius 2 is 1.79 bits per heavy atom. The van der Waals surface area contributed by atoms with E-state index < -0.39 is 5.97 Å². The highest BCUT2D eigenvalue weighted by Gasteiger charge is 2.17. The van der Waals surface area contributed by atoms with E-state index in [1.54, 1.807) is 7.11 Å². The van der Waals surface area contributed by atoms with Gasteiger partial charge in [-0.2, -0.15) is 0 Å². The highest BCUT2D eigenvalue weighted by atomic mass is 32.1. The largest absolute Gasteiger partial charge is 0.496 e. The second kappa shape index (κ2) is 9.89. The first kappa shape index (κ1) is 20.6. The minimum atomic E-state index is -0.490. The number of para-hydroxylation sites is 1. The van der Waals surface area contributed by atoms with Crippen molar-refractivity contribution in [3.8, 4) is 16.9 Å². The van der Waals surface area contributed by atoms with E-state index in [4.69, 9.17) is 9.47 Å². The Bertz CT molecular complexity index is 979. The molecule has 1 amide bonds. The predicted octanol–water partition coefficient (Wildman–Crippen LogP) is 4.25. The molecular weight excluding hydrogens is 386 g/mol. The van der Waals surface area contributed by atoms with Crippen LogP contribution in [0.3, 0.4) is 0 Å². The minimum Gasteiger partial charge on any atom is -0.496 e. The molecule has 0 unspecified atom stereocenters. The number of carbonyl (C=O) groups is 2. The summed E-state index contributed by atoms with van der Waals surface area (Å²) in [6.07, 6.45) is 0.631. The Hall–Kier alpha value is -3.12. The summed E-state index contributed by atoms with van der Waals surface area (Å²) in [5.74, 6) is -0.0355. The first-order valence-corrected chi connectivity index (χ1v) is 10.2. The second-order valence-corrected chi connectivity index (χ2v) is 7.43. The molecule has 2 aromatic carbocycles. The molecule has 0 aliphatic rings. The van der Waals surface area contributed by atoms with Crippen molar-refractivity contribution < 1.29 is 19.1 Å². The fraction of sp³-hybridized carbons (Fsp3) is 0.217. The van der Waals surface area contributed by atoms with E-state index in [0.29, 0.717) is 17.8 Å². The van der Waals surface area contributed by atoms with Gasteiger partial charge in [0.1, 0.15) is 10.6 Å². The highest BCUT2D eigenvalue weighted by Crippen LogP contribution is 2.29. The van der Waals surface area contributed by atoms with Crippen molar-refractivity contribution in [2.75, 3.05) is 20.3 Å². The molecule has 0 saturated heterocycles. The highest BCUT2D eigenvalue weighted by molar-refractivity contribution is 7.12. The van der Waals surface area contributed by atoms with Crippen LogP contribution in [0.2, 0.25) is 0 Å². The Balaban J connectivity index is 1.50. The smallest absolute Gasteiger partial charge is 0.349 e. The van der Waals surface area contributed by atoms with Crippen LogP contribution >= 0.6 is 11.3 Å². The van der Waals surface area contributed by atoms with E-state index in [1.165, 1.54) is 11.3 Å². The Morgan fingerprint density at radius 1 is 1.03 bits per heavy atom. The van der Waals surface area contributed by atoms with Gasteiger partial charge in [0.2, 0.25) is 0 Å². The van der Waals surface area contributed by atoms with Crippen molar-refractivity contribution in [3.63, 3.8) is 0 Å². The van der Waals surface area contributed by atoms with Crippen LogP contribution in [0.15, 0.2) is 60.0 Å². The third-order valence-electron chi connectivity index (χ3n) is 4.46. The summed E-state index contributed by atoms with van der Waals surface area (Å²) >= 11 is 1.31. The Kier molecular flexibility index (Phi) is 7.03. The molecule has 6 heteroatoms. The molecule has 0 atom stereocenters. The van der Waals surface area contributed by atoms with Gasteiger partial charge < -0.3 is 14.8 Å². The number of esters is 1. The second-order valence-electron chi connectivity index (χ2n) is 6.52. The number of nitrogens with one attached hydrogen (secondary N) is 1. The summed E-state index contributed by atoms with van der Waals surface area (Å²) in [4.78, 5) is 25.0. The third kappa shape index (κ3) is 5.45. The lowest BCUT2D eigenvalue weighted by Crippen LogP contribution is -2.30. The van der Waals surface area contributed by atoms with Gasteiger partial charge in [-0.05, 0) is 42.0 Å². The van der Waals surface area contributed by atoms with Gasteiger partial charge in [-0.15, -0.1) is 11.3 Å². The van der Waals surface area contributed by atoms with Gasteiger partial charge in [-0.1, -0.05) is 48.0 Å². The number of rotatable bonds is 8. The number of amides is 1. The van der Waals surface area contributed by atoms with Gasteiger partial charge in [0.25, 0.3) is 5.91 Å². The zero-order chi connectivity index (χ0) is 20.6. The van der Waals surface area contributed by atoms with Crippen molar-refractivity contribution in [1.82, 2.24) is 5.32 Å². The van der Waals surface area contributed by atoms with Crippen molar-refractivity contribution in [3.05, 3.63) is 76.0 Å². The quantitative estimate of drug-likeness (QED) is 0.565. The standard InChI is InChI=1S/C23H23NO4S/c1-16-7-9-17(10-8-16)19-12-14-29-22(19)23(26)28-15-21(25)24-13-11-18-5-3-4-6-20(18)27-2/h3-10,12,14H,11,13,15H2,1-2H3,(H,24,25). The molecule has 0 radical (unpaired) electrons. The first-order valence-electron chi connectivity index (χ1n) is 9.28. The number of methoxy groups -OCH3 is 1. The van der Waals surface area contributed by atoms with E-state index in [2.05, 4.69) is 5.32 Å². The number of aryl methyl sites for hydroxylation is 1. The maximum atomic E-state index is 12.4. The molecule has 150 valence electrons. The van der Waals surface area contributed by atoms with Crippen LogP contribution in [-0.4, -0.2) is 32.1 Å². The number of hydrogen-bond donors (Lipinski definition) is 1. The molecule has 0 spiro atoms. The fourth-order valence-electron chi connectivity index (χ4n) is 2.92. The number of carbonyl (C=O) groups excluding carboxylic acids is 2. The van der Waals surface area contributed by atoms with Crippen molar-refractivity contribution >= 4 is 23.2 Å². The van der Waals surface area contributed by atoms with E-state index in [1.807, 2.05) is 66.9 Å². The van der Waals surface area contributed by atoms with Gasteiger partial charge in [0, 0.05) is 12.1 Å². The monoisotopic (exact) mass is 409 g/mol. The predicted molar refractivity (Wildman–Crippen MR) is 114 cm³/mol. The summed E-state index contributed by atoms with van der Waals surface area (Å²) in [7, 11) is 1.62. The van der Waals surface area contributed by atoms with E-state index in [9.17, 15) is 9.59 Å². The average Bonchev–Trinajstić information content (AvgIpc) is 3.23. The van der Waals surface area contributed by atoms with Crippen LogP contribution in [0.5, 0.6) is 5.75 Å². The molecule has 0 fully saturated rings. The number of ether oxygens (including phenoxy) is 2. The molecule has 0 bridgehead atoms. The lowest BCUT2D eigenvalue weighted by molar-refractivity contribution is -0.124. The van der Waals surface area contributed by atoms with E-state index in [-0.39, 0.29) is 12.5 Å². The molecule has 1 aromatic heterocycles. The van der Waals surface area contributed by atoms with Gasteiger partial charge in [0.05, 0.1) is 7.11 Å². The van der Waals surface area contributed by atoms with Crippen molar-refractivity contribution in [1.29, 1.82) is 0 Å². The van der Waals surface area contributed by atoms with E-state index in [0.717, 1.165) is 28.0 Å². The number of benzene rings is 2. The topological polar surface area (TPSA) is 64.6 Å². The van der Waals surface area contributed by atoms with Crippen LogP contribution in [0, 0.1) is 6.92 Å². The summed E-state index contributed by atoms with van der Waals surface area (Å²) in [5, 5.41) is 4.61. The fourth-order valence-corrected chi connectivity index (χ4v) is 3.73. The minimum absolute atomic E-state index is 0.310. The zero-order valence-electron chi connectivity index (χ0n) is 16.4. The SMILES string of the molecule is COc1ccccc1CCNC(=O)COC(=O)c1sccc1-c1ccc(C)cc1. The number of hydrogen-bond acceptors (Lipinski definition) is 5. The third-order valence-corrected chi connectivity index (χ3v) is 5.35. The molecule has 0 aliphatic carbocycles. The zero-order valence-corrected chi connectivity index (χ0v) is 17.3. The Morgan fingerprint density at radius 3 is 2.55 bits per heavy atom. The summed E-state index contributed by atoms with van der Waals surface area (Å²) in [6.45, 7) is 2.14. The molecule has 1 heterocycles.